The molecule has 0 aromatic carbocycles. The van der Waals surface area contributed by atoms with Crippen LogP contribution in [-0.4, -0.2) is 59.8 Å². The maximum Gasteiger partial charge on any atom is 0.0695 e. The predicted molar refractivity (Wildman–Crippen MR) is 73.6 cm³/mol. The molecular formula is C15H28N2O. The number of nitrogens with zero attached hydrogens (tertiary/aromatic N) is 2. The molecule has 104 valence electrons. The molecule has 3 aliphatic rings. The first-order chi connectivity index (χ1) is 8.83. The second kappa shape index (κ2) is 5.89. The van der Waals surface area contributed by atoms with Gasteiger partial charge in [0.05, 0.1) is 6.10 Å². The Labute approximate surface area is 111 Å². The van der Waals surface area contributed by atoms with Crippen LogP contribution in [0, 0.1) is 5.92 Å². The van der Waals surface area contributed by atoms with E-state index in [0.717, 1.165) is 12.3 Å². The lowest BCUT2D eigenvalue weighted by molar-refractivity contribution is 0.0439. The highest BCUT2D eigenvalue weighted by atomic mass is 16.3. The monoisotopic (exact) mass is 252 g/mol. The van der Waals surface area contributed by atoms with Crippen LogP contribution < -0.4 is 0 Å². The van der Waals surface area contributed by atoms with E-state index < -0.39 is 0 Å². The number of hydrogen-bond donors (Lipinski definition) is 1. The molecule has 0 aromatic heterocycles. The summed E-state index contributed by atoms with van der Waals surface area (Å²) in [6, 6.07) is 0.484. The summed E-state index contributed by atoms with van der Waals surface area (Å²) >= 11 is 0. The molecule has 2 unspecified atom stereocenters. The van der Waals surface area contributed by atoms with Crippen LogP contribution >= 0.6 is 0 Å². The van der Waals surface area contributed by atoms with Crippen molar-refractivity contribution in [1.82, 2.24) is 9.80 Å². The Morgan fingerprint density at radius 3 is 2.17 bits per heavy atom. The van der Waals surface area contributed by atoms with Gasteiger partial charge in [0.15, 0.2) is 0 Å². The van der Waals surface area contributed by atoms with E-state index in [2.05, 4.69) is 9.80 Å². The molecule has 0 spiro atoms. The quantitative estimate of drug-likeness (QED) is 0.828. The van der Waals surface area contributed by atoms with Crippen LogP contribution in [0.15, 0.2) is 0 Å². The van der Waals surface area contributed by atoms with Crippen LogP contribution in [0.4, 0.5) is 0 Å². The number of hydrogen-bond acceptors (Lipinski definition) is 3. The highest BCUT2D eigenvalue weighted by molar-refractivity contribution is 4.88. The van der Waals surface area contributed by atoms with Crippen molar-refractivity contribution in [2.75, 3.05) is 32.7 Å². The van der Waals surface area contributed by atoms with Crippen molar-refractivity contribution in [2.45, 2.75) is 57.1 Å². The van der Waals surface area contributed by atoms with Gasteiger partial charge in [-0.3, -0.25) is 4.90 Å². The molecule has 1 saturated carbocycles. The van der Waals surface area contributed by atoms with Gasteiger partial charge in [0.1, 0.15) is 0 Å². The topological polar surface area (TPSA) is 26.7 Å². The third kappa shape index (κ3) is 2.89. The number of piperidine rings is 1. The first-order valence-electron chi connectivity index (χ1n) is 7.97. The van der Waals surface area contributed by atoms with Gasteiger partial charge in [-0.2, -0.15) is 0 Å². The van der Waals surface area contributed by atoms with Gasteiger partial charge >= 0.3 is 0 Å². The first kappa shape index (κ1) is 12.9. The Bertz CT molecular complexity index is 257. The minimum atomic E-state index is -0.0415. The van der Waals surface area contributed by atoms with Gasteiger partial charge in [-0.05, 0) is 77.0 Å². The third-order valence-electron chi connectivity index (χ3n) is 5.28. The molecule has 0 radical (unpaired) electrons. The second-order valence-electron chi connectivity index (χ2n) is 6.55. The maximum absolute atomic E-state index is 9.99. The molecule has 3 fully saturated rings. The lowest BCUT2D eigenvalue weighted by Crippen LogP contribution is -2.46. The zero-order chi connectivity index (χ0) is 12.4. The van der Waals surface area contributed by atoms with Gasteiger partial charge in [-0.15, -0.1) is 0 Å². The Hall–Kier alpha value is -0.120. The zero-order valence-electron chi connectivity index (χ0n) is 11.6. The van der Waals surface area contributed by atoms with E-state index in [9.17, 15) is 5.11 Å². The fraction of sp³-hybridized carbons (Fsp3) is 1.00. The smallest absolute Gasteiger partial charge is 0.0695 e. The summed E-state index contributed by atoms with van der Waals surface area (Å²) < 4.78 is 0. The lowest BCUT2D eigenvalue weighted by atomic mass is 9.94. The average Bonchev–Trinajstić information content (AvgIpc) is 3.02. The Kier molecular flexibility index (Phi) is 4.22. The van der Waals surface area contributed by atoms with E-state index >= 15 is 0 Å². The molecule has 3 nitrogen and oxygen atoms in total. The third-order valence-corrected chi connectivity index (χ3v) is 5.28. The zero-order valence-corrected chi connectivity index (χ0v) is 11.6. The highest BCUT2D eigenvalue weighted by Gasteiger charge is 2.33. The maximum atomic E-state index is 9.99. The Morgan fingerprint density at radius 2 is 1.56 bits per heavy atom. The van der Waals surface area contributed by atoms with E-state index in [4.69, 9.17) is 0 Å². The van der Waals surface area contributed by atoms with Crippen LogP contribution in [0.2, 0.25) is 0 Å². The molecule has 18 heavy (non-hydrogen) atoms. The summed E-state index contributed by atoms with van der Waals surface area (Å²) in [5.41, 5.74) is 0. The second-order valence-corrected chi connectivity index (χ2v) is 6.55. The van der Waals surface area contributed by atoms with Gasteiger partial charge in [-0.1, -0.05) is 0 Å². The fourth-order valence-corrected chi connectivity index (χ4v) is 4.14. The van der Waals surface area contributed by atoms with Crippen molar-refractivity contribution >= 4 is 0 Å². The normalized spacial score (nSPS) is 36.5. The molecule has 0 amide bonds. The summed E-state index contributed by atoms with van der Waals surface area (Å²) in [5, 5.41) is 9.99. The standard InChI is InChI=1S/C15H28N2O/c18-15-5-3-4-14(15)17-10-6-13(7-11-17)12-16-8-1-2-9-16/h13-15,18H,1-12H2. The summed E-state index contributed by atoms with van der Waals surface area (Å²) in [7, 11) is 0. The first-order valence-corrected chi connectivity index (χ1v) is 7.97. The Morgan fingerprint density at radius 1 is 0.833 bits per heavy atom. The predicted octanol–water partition coefficient (Wildman–Crippen LogP) is 1.71. The van der Waals surface area contributed by atoms with Crippen LogP contribution in [0.25, 0.3) is 0 Å². The molecule has 3 heteroatoms. The molecule has 3 rings (SSSR count). The van der Waals surface area contributed by atoms with Gasteiger partial charge in [0.2, 0.25) is 0 Å². The number of rotatable bonds is 3. The van der Waals surface area contributed by atoms with E-state index in [1.807, 2.05) is 0 Å². The van der Waals surface area contributed by atoms with Crippen LogP contribution in [-0.2, 0) is 0 Å². The van der Waals surface area contributed by atoms with Crippen molar-refractivity contribution < 1.29 is 5.11 Å². The van der Waals surface area contributed by atoms with E-state index in [1.54, 1.807) is 0 Å². The Balaban J connectivity index is 1.43. The molecular weight excluding hydrogens is 224 g/mol. The molecule has 2 aliphatic heterocycles. The van der Waals surface area contributed by atoms with Gasteiger partial charge in [0, 0.05) is 12.6 Å². The molecule has 2 heterocycles. The minimum Gasteiger partial charge on any atom is -0.391 e. The number of aliphatic hydroxyl groups excluding tert-OH is 1. The fourth-order valence-electron chi connectivity index (χ4n) is 4.14. The van der Waals surface area contributed by atoms with E-state index in [1.165, 1.54) is 71.2 Å². The van der Waals surface area contributed by atoms with Gasteiger partial charge in [0.25, 0.3) is 0 Å². The molecule has 1 aliphatic carbocycles. The SMILES string of the molecule is OC1CCCC1N1CCC(CN2CCCC2)CC1. The van der Waals surface area contributed by atoms with E-state index in [0.29, 0.717) is 6.04 Å². The van der Waals surface area contributed by atoms with Crippen LogP contribution in [0.5, 0.6) is 0 Å². The van der Waals surface area contributed by atoms with Crippen LogP contribution in [0.3, 0.4) is 0 Å². The van der Waals surface area contributed by atoms with Crippen molar-refractivity contribution in [3.8, 4) is 0 Å². The van der Waals surface area contributed by atoms with Crippen molar-refractivity contribution in [3.05, 3.63) is 0 Å². The van der Waals surface area contributed by atoms with Crippen molar-refractivity contribution in [2.24, 2.45) is 5.92 Å². The van der Waals surface area contributed by atoms with E-state index in [-0.39, 0.29) is 6.10 Å². The number of aliphatic hydroxyl groups is 1. The average molecular weight is 252 g/mol. The summed E-state index contributed by atoms with van der Waals surface area (Å²) in [6.45, 7) is 6.45. The lowest BCUT2D eigenvalue weighted by Gasteiger charge is -2.38. The van der Waals surface area contributed by atoms with Gasteiger partial charge in [-0.25, -0.2) is 0 Å². The minimum absolute atomic E-state index is 0.0415. The summed E-state index contributed by atoms with van der Waals surface area (Å²) in [5.74, 6) is 0.915. The summed E-state index contributed by atoms with van der Waals surface area (Å²) in [6.07, 6.45) is 8.94. The highest BCUT2D eigenvalue weighted by Crippen LogP contribution is 2.28. The van der Waals surface area contributed by atoms with Gasteiger partial charge < -0.3 is 10.0 Å². The largest absolute Gasteiger partial charge is 0.391 e. The molecule has 2 atom stereocenters. The molecule has 1 N–H and O–H groups in total. The van der Waals surface area contributed by atoms with Crippen molar-refractivity contribution in [3.63, 3.8) is 0 Å². The molecule has 0 aromatic rings. The van der Waals surface area contributed by atoms with Crippen molar-refractivity contribution in [1.29, 1.82) is 0 Å². The number of likely N-dealkylation sites (tertiary alicyclic amines) is 2. The summed E-state index contributed by atoms with van der Waals surface area (Å²) in [4.78, 5) is 5.23. The molecule has 2 saturated heterocycles. The molecule has 0 bridgehead atoms. The van der Waals surface area contributed by atoms with Crippen LogP contribution in [0.1, 0.15) is 44.9 Å².